The van der Waals surface area contributed by atoms with E-state index in [0.29, 0.717) is 5.00 Å². The Balaban J connectivity index is 2.43. The van der Waals surface area contributed by atoms with E-state index in [1.807, 2.05) is 0 Å². The van der Waals surface area contributed by atoms with Crippen molar-refractivity contribution in [3.8, 4) is 5.75 Å². The van der Waals surface area contributed by atoms with Gasteiger partial charge in [-0.3, -0.25) is 8.51 Å². The van der Waals surface area contributed by atoms with Crippen molar-refractivity contribution >= 4 is 46.8 Å². The van der Waals surface area contributed by atoms with Crippen LogP contribution in [0.5, 0.6) is 5.75 Å². The molecule has 1 N–H and O–H groups in total. The highest BCUT2D eigenvalue weighted by molar-refractivity contribution is 7.81. The maximum absolute atomic E-state index is 12.9. The van der Waals surface area contributed by atoms with Crippen LogP contribution in [-0.2, 0) is 15.8 Å². The molecule has 24 heavy (non-hydrogen) atoms. The number of thiophene rings is 1. The van der Waals surface area contributed by atoms with Crippen molar-refractivity contribution in [3.05, 3.63) is 41.0 Å². The largest absolute Gasteiger partial charge is 0.755 e. The molecule has 0 spiro atoms. The number of nitrogens with zero attached hydrogens (tertiary/aromatic N) is 2. The van der Waals surface area contributed by atoms with E-state index < -0.39 is 30.6 Å². The fraction of sp³-hybridized carbons (Fsp3) is 0.308. The number of rotatable bonds is 7. The van der Waals surface area contributed by atoms with Crippen molar-refractivity contribution in [1.82, 2.24) is 4.98 Å². The van der Waals surface area contributed by atoms with E-state index in [1.54, 1.807) is 31.4 Å². The van der Waals surface area contributed by atoms with E-state index in [-0.39, 0.29) is 10.9 Å². The first-order chi connectivity index (χ1) is 11.2. The molecule has 2 aromatic rings. The Labute approximate surface area is 151 Å². The lowest BCUT2D eigenvalue weighted by Crippen LogP contribution is -2.40. The van der Waals surface area contributed by atoms with Gasteiger partial charge < -0.3 is 14.0 Å². The maximum atomic E-state index is 12.9. The van der Waals surface area contributed by atoms with Gasteiger partial charge in [0.15, 0.2) is 16.7 Å². The molecule has 0 saturated heterocycles. The maximum Gasteiger partial charge on any atom is 0.400 e. The van der Waals surface area contributed by atoms with Gasteiger partial charge in [-0.15, -0.1) is 11.3 Å². The molecule has 0 fully saturated rings. The molecule has 132 valence electrons. The smallest absolute Gasteiger partial charge is 0.400 e. The SMILES string of the molecule is CC(C)C(N(c1cccs1)S(=O)[O-])P(=O)(O)Oc1cccnc1Cl. The van der Waals surface area contributed by atoms with E-state index in [2.05, 4.69) is 4.98 Å². The minimum atomic E-state index is -4.44. The Morgan fingerprint density at radius 2 is 2.17 bits per heavy atom. The van der Waals surface area contributed by atoms with Gasteiger partial charge in [-0.05, 0) is 35.6 Å². The lowest BCUT2D eigenvalue weighted by atomic mass is 10.2. The van der Waals surface area contributed by atoms with Gasteiger partial charge in [0.2, 0.25) is 0 Å². The van der Waals surface area contributed by atoms with Crippen LogP contribution in [0.2, 0.25) is 5.15 Å². The fourth-order valence-corrected chi connectivity index (χ4v) is 6.27. The van der Waals surface area contributed by atoms with Crippen LogP contribution >= 0.6 is 30.5 Å². The van der Waals surface area contributed by atoms with Gasteiger partial charge in [0, 0.05) is 17.5 Å². The predicted octanol–water partition coefficient (Wildman–Crippen LogP) is 3.64. The number of hydrogen-bond donors (Lipinski definition) is 1. The molecule has 11 heteroatoms. The molecule has 0 radical (unpaired) electrons. The second kappa shape index (κ2) is 7.95. The molecule has 7 nitrogen and oxygen atoms in total. The van der Waals surface area contributed by atoms with Crippen LogP contribution in [0.1, 0.15) is 13.8 Å². The second-order valence-corrected chi connectivity index (χ2v) is 9.05. The van der Waals surface area contributed by atoms with Gasteiger partial charge in [0.05, 0.1) is 0 Å². The zero-order chi connectivity index (χ0) is 17.9. The summed E-state index contributed by atoms with van der Waals surface area (Å²) in [6, 6.07) is 6.08. The summed E-state index contributed by atoms with van der Waals surface area (Å²) in [5.41, 5.74) is 0. The minimum Gasteiger partial charge on any atom is -0.755 e. The molecule has 2 aromatic heterocycles. The summed E-state index contributed by atoms with van der Waals surface area (Å²) in [6.07, 6.45) is 1.40. The quantitative estimate of drug-likeness (QED) is 0.425. The molecular weight excluding hydrogens is 395 g/mol. The molecule has 3 unspecified atom stereocenters. The fourth-order valence-electron chi connectivity index (χ4n) is 2.10. The molecule has 0 saturated carbocycles. The number of aromatic nitrogens is 1. The third kappa shape index (κ3) is 4.36. The lowest BCUT2D eigenvalue weighted by Gasteiger charge is -2.37. The zero-order valence-electron chi connectivity index (χ0n) is 12.7. The second-order valence-electron chi connectivity index (χ2n) is 5.10. The summed E-state index contributed by atoms with van der Waals surface area (Å²) < 4.78 is 42.3. The Hall–Kier alpha value is -0.960. The highest BCUT2D eigenvalue weighted by Crippen LogP contribution is 2.54. The molecule has 0 aliphatic carbocycles. The van der Waals surface area contributed by atoms with E-state index in [4.69, 9.17) is 16.1 Å². The molecule has 0 bridgehead atoms. The highest BCUT2D eigenvalue weighted by atomic mass is 35.5. The van der Waals surface area contributed by atoms with Crippen molar-refractivity contribution in [2.45, 2.75) is 19.6 Å². The molecule has 3 atom stereocenters. The topological polar surface area (TPSA) is 103 Å². The van der Waals surface area contributed by atoms with Gasteiger partial charge in [-0.1, -0.05) is 25.4 Å². The van der Waals surface area contributed by atoms with E-state index >= 15 is 0 Å². The highest BCUT2D eigenvalue weighted by Gasteiger charge is 2.43. The normalized spacial score (nSPS) is 16.4. The Kier molecular flexibility index (Phi) is 6.41. The predicted molar refractivity (Wildman–Crippen MR) is 94.0 cm³/mol. The number of halogens is 1. The Morgan fingerprint density at radius 3 is 2.67 bits per heavy atom. The summed E-state index contributed by atoms with van der Waals surface area (Å²) in [6.45, 7) is 3.27. The first-order valence-corrected chi connectivity index (χ1v) is 10.7. The molecular formula is C13H15ClN2O5PS2-. The third-order valence-electron chi connectivity index (χ3n) is 3.01. The first-order valence-electron chi connectivity index (χ1n) is 6.78. The number of anilines is 1. The van der Waals surface area contributed by atoms with Gasteiger partial charge in [0.25, 0.3) is 0 Å². The first kappa shape index (κ1) is 19.4. The van der Waals surface area contributed by atoms with E-state index in [9.17, 15) is 18.2 Å². The average Bonchev–Trinajstić information content (AvgIpc) is 2.99. The van der Waals surface area contributed by atoms with Crippen molar-refractivity contribution in [2.24, 2.45) is 5.92 Å². The Morgan fingerprint density at radius 1 is 1.46 bits per heavy atom. The molecule has 0 amide bonds. The van der Waals surface area contributed by atoms with Crippen LogP contribution in [-0.4, -0.2) is 24.4 Å². The molecule has 2 rings (SSSR count). The average molecular weight is 410 g/mol. The van der Waals surface area contributed by atoms with Gasteiger partial charge in [-0.2, -0.15) is 0 Å². The summed E-state index contributed by atoms with van der Waals surface area (Å²) in [5, 5.41) is 1.91. The van der Waals surface area contributed by atoms with Crippen LogP contribution in [0.3, 0.4) is 0 Å². The van der Waals surface area contributed by atoms with Gasteiger partial charge in [-0.25, -0.2) is 9.55 Å². The minimum absolute atomic E-state index is 0.0831. The van der Waals surface area contributed by atoms with Crippen molar-refractivity contribution in [3.63, 3.8) is 0 Å². The van der Waals surface area contributed by atoms with Crippen molar-refractivity contribution < 1.29 is 22.7 Å². The van der Waals surface area contributed by atoms with E-state index in [0.717, 1.165) is 15.6 Å². The molecule has 0 aliphatic rings. The van der Waals surface area contributed by atoms with Crippen LogP contribution in [0.4, 0.5) is 5.00 Å². The standard InChI is InChI=1S/C13H16ClN2O5PS2/c1-9(2)13(16(24(19)20)11-6-4-8-23-11)22(17,18)21-10-5-3-7-15-12(10)14/h3-9,13H,1-2H3,(H,17,18)(H,19,20)/p-1. The van der Waals surface area contributed by atoms with Crippen LogP contribution in [0.25, 0.3) is 0 Å². The van der Waals surface area contributed by atoms with Crippen LogP contribution in [0.15, 0.2) is 35.8 Å². The molecule has 2 heterocycles. The zero-order valence-corrected chi connectivity index (χ0v) is 16.0. The Bertz CT molecular complexity index is 759. The van der Waals surface area contributed by atoms with Crippen molar-refractivity contribution in [1.29, 1.82) is 0 Å². The monoisotopic (exact) mass is 409 g/mol. The van der Waals surface area contributed by atoms with Gasteiger partial charge in [0.1, 0.15) is 5.00 Å². The van der Waals surface area contributed by atoms with Crippen LogP contribution in [0, 0.1) is 5.92 Å². The summed E-state index contributed by atoms with van der Waals surface area (Å²) in [5.74, 6) is -1.90. The lowest BCUT2D eigenvalue weighted by molar-refractivity contribution is 0.349. The van der Waals surface area contributed by atoms with Gasteiger partial charge >= 0.3 is 7.60 Å². The molecule has 0 aliphatic heterocycles. The number of pyridine rings is 1. The summed E-state index contributed by atoms with van der Waals surface area (Å²) in [4.78, 5) is 14.2. The summed E-state index contributed by atoms with van der Waals surface area (Å²) in [7, 11) is -4.44. The molecule has 0 aromatic carbocycles. The number of hydrogen-bond acceptors (Lipinski definition) is 6. The summed E-state index contributed by atoms with van der Waals surface area (Å²) >= 11 is 4.23. The van der Waals surface area contributed by atoms with Crippen LogP contribution < -0.4 is 8.83 Å². The third-order valence-corrected chi connectivity index (χ3v) is 7.13. The van der Waals surface area contributed by atoms with E-state index in [1.165, 1.54) is 18.3 Å². The van der Waals surface area contributed by atoms with Crippen molar-refractivity contribution in [2.75, 3.05) is 4.31 Å².